The Balaban J connectivity index is 4.85. The minimum absolute atomic E-state index is 0.179. The third kappa shape index (κ3) is 3.37. The highest BCUT2D eigenvalue weighted by molar-refractivity contribution is 5.86. The Morgan fingerprint density at radius 2 is 2.08 bits per heavy atom. The number of carboxylic acids is 1. The minimum atomic E-state index is -1.23. The van der Waals surface area contributed by atoms with Gasteiger partial charge in [0.25, 0.3) is 5.70 Å². The number of nitro groups is 1. The third-order valence-electron chi connectivity index (χ3n) is 1.24. The minimum Gasteiger partial charge on any atom is -0.477 e. The molecule has 0 aromatic rings. The van der Waals surface area contributed by atoms with Crippen molar-refractivity contribution in [3.05, 3.63) is 34.2 Å². The zero-order valence-corrected chi connectivity index (χ0v) is 7.35. The summed E-state index contributed by atoms with van der Waals surface area (Å²) in [7, 11) is 2.96. The van der Waals surface area contributed by atoms with Gasteiger partial charge in [0.2, 0.25) is 0 Å². The van der Waals surface area contributed by atoms with Gasteiger partial charge in [-0.3, -0.25) is 10.1 Å². The van der Waals surface area contributed by atoms with E-state index in [1.807, 2.05) is 0 Å². The molecule has 6 heteroatoms. The Labute approximate surface area is 74.9 Å². The summed E-state index contributed by atoms with van der Waals surface area (Å²) in [5, 5.41) is 18.7. The van der Waals surface area contributed by atoms with Crippen molar-refractivity contribution in [2.45, 2.75) is 0 Å². The molecule has 0 aromatic heterocycles. The molecule has 0 aliphatic rings. The first kappa shape index (κ1) is 11.2. The van der Waals surface area contributed by atoms with Crippen LogP contribution in [0.15, 0.2) is 24.0 Å². The normalized spacial score (nSPS) is 10.8. The Hall–Kier alpha value is -1.85. The van der Waals surface area contributed by atoms with Crippen molar-refractivity contribution < 1.29 is 14.8 Å². The quantitative estimate of drug-likeness (QED) is 0.295. The summed E-state index contributed by atoms with van der Waals surface area (Å²) in [6.45, 7) is 3.09. The fourth-order valence-electron chi connectivity index (χ4n) is 0.593. The first-order valence-corrected chi connectivity index (χ1v) is 3.32. The maximum Gasteiger partial charge on any atom is 0.352 e. The van der Waals surface area contributed by atoms with Crippen LogP contribution in [0, 0.1) is 10.1 Å². The number of allylic oxidation sites excluding steroid dienone is 1. The zero-order valence-electron chi connectivity index (χ0n) is 7.35. The summed E-state index contributed by atoms with van der Waals surface area (Å²) < 4.78 is 0. The van der Waals surface area contributed by atoms with Gasteiger partial charge in [-0.2, -0.15) is 0 Å². The van der Waals surface area contributed by atoms with Crippen molar-refractivity contribution in [2.75, 3.05) is 14.1 Å². The predicted molar refractivity (Wildman–Crippen MR) is 45.5 cm³/mol. The lowest BCUT2D eigenvalue weighted by Gasteiger charge is -2.11. The van der Waals surface area contributed by atoms with Crippen LogP contribution in [0.25, 0.3) is 0 Å². The molecule has 0 spiro atoms. The van der Waals surface area contributed by atoms with Crippen LogP contribution in [0.4, 0.5) is 0 Å². The van der Waals surface area contributed by atoms with Gasteiger partial charge in [0.05, 0.1) is 4.92 Å². The smallest absolute Gasteiger partial charge is 0.352 e. The van der Waals surface area contributed by atoms with Crippen LogP contribution < -0.4 is 0 Å². The average Bonchev–Trinajstić information content (AvgIpc) is 1.97. The fraction of sp³-hybridized carbons (Fsp3) is 0.286. The molecule has 13 heavy (non-hydrogen) atoms. The Kier molecular flexibility index (Phi) is 3.64. The van der Waals surface area contributed by atoms with Crippen LogP contribution in [0.3, 0.4) is 0 Å². The van der Waals surface area contributed by atoms with Crippen LogP contribution in [0.5, 0.6) is 0 Å². The average molecular weight is 186 g/mol. The summed E-state index contributed by atoms with van der Waals surface area (Å²) >= 11 is 0. The van der Waals surface area contributed by atoms with Crippen molar-refractivity contribution in [2.24, 2.45) is 0 Å². The lowest BCUT2D eigenvalue weighted by atomic mass is 10.3. The highest BCUT2D eigenvalue weighted by atomic mass is 16.6. The topological polar surface area (TPSA) is 83.7 Å². The number of hydrogen-bond donors (Lipinski definition) is 1. The maximum atomic E-state index is 10.5. The monoisotopic (exact) mass is 186 g/mol. The molecule has 0 radical (unpaired) electrons. The summed E-state index contributed by atoms with van der Waals surface area (Å²) in [5.74, 6) is -1.23. The second kappa shape index (κ2) is 4.24. The molecule has 72 valence electrons. The molecular formula is C7H10N2O4. The first-order valence-electron chi connectivity index (χ1n) is 3.32. The zero-order chi connectivity index (χ0) is 10.6. The molecule has 0 aliphatic heterocycles. The summed E-state index contributed by atoms with van der Waals surface area (Å²) in [5.41, 5.74) is -0.632. The van der Waals surface area contributed by atoms with Gasteiger partial charge in [-0.1, -0.05) is 0 Å². The molecule has 6 nitrogen and oxygen atoms in total. The van der Waals surface area contributed by atoms with Gasteiger partial charge in [-0.25, -0.2) is 4.79 Å². The summed E-state index contributed by atoms with van der Waals surface area (Å²) in [6.07, 6.45) is 0.905. The van der Waals surface area contributed by atoms with Crippen LogP contribution in [-0.2, 0) is 4.79 Å². The van der Waals surface area contributed by atoms with E-state index in [1.54, 1.807) is 0 Å². The van der Waals surface area contributed by atoms with Gasteiger partial charge >= 0.3 is 5.97 Å². The highest BCUT2D eigenvalue weighted by Crippen LogP contribution is 2.04. The fourth-order valence-corrected chi connectivity index (χ4v) is 0.593. The van der Waals surface area contributed by atoms with Gasteiger partial charge in [0.1, 0.15) is 5.70 Å². The summed E-state index contributed by atoms with van der Waals surface area (Å²) in [4.78, 5) is 21.2. The molecule has 0 unspecified atom stereocenters. The van der Waals surface area contributed by atoms with Crippen molar-refractivity contribution >= 4 is 5.97 Å². The van der Waals surface area contributed by atoms with E-state index in [0.29, 0.717) is 0 Å². The molecule has 0 saturated heterocycles. The van der Waals surface area contributed by atoms with E-state index in [-0.39, 0.29) is 5.70 Å². The van der Waals surface area contributed by atoms with E-state index < -0.39 is 16.6 Å². The largest absolute Gasteiger partial charge is 0.477 e. The van der Waals surface area contributed by atoms with E-state index in [1.165, 1.54) is 19.0 Å². The number of hydrogen-bond acceptors (Lipinski definition) is 4. The third-order valence-corrected chi connectivity index (χ3v) is 1.24. The standard InChI is InChI=1S/C7H10N2O4/c1-5(9(12)13)4-6(7(10)11)8(2)3/h4H,1H2,2-3H3,(H,10,11)/b6-4-. The Bertz CT molecular complexity index is 280. The van der Waals surface area contributed by atoms with Crippen molar-refractivity contribution in [1.82, 2.24) is 4.90 Å². The number of carboxylic acid groups (broad SMARTS) is 1. The number of rotatable bonds is 4. The molecule has 0 aliphatic carbocycles. The molecule has 1 N–H and O–H groups in total. The van der Waals surface area contributed by atoms with Crippen LogP contribution >= 0.6 is 0 Å². The van der Waals surface area contributed by atoms with Crippen LogP contribution in [0.2, 0.25) is 0 Å². The van der Waals surface area contributed by atoms with E-state index >= 15 is 0 Å². The maximum absolute atomic E-state index is 10.5. The molecule has 0 fully saturated rings. The number of nitrogens with zero attached hydrogens (tertiary/aromatic N) is 2. The lowest BCUT2D eigenvalue weighted by molar-refractivity contribution is -0.418. The van der Waals surface area contributed by atoms with E-state index in [9.17, 15) is 14.9 Å². The number of likely N-dealkylation sites (N-methyl/N-ethyl adjacent to an activating group) is 1. The van der Waals surface area contributed by atoms with Crippen molar-refractivity contribution in [3.63, 3.8) is 0 Å². The van der Waals surface area contributed by atoms with Gasteiger partial charge < -0.3 is 10.0 Å². The van der Waals surface area contributed by atoms with E-state index in [0.717, 1.165) is 6.08 Å². The first-order chi connectivity index (χ1) is 5.86. The van der Waals surface area contributed by atoms with Gasteiger partial charge in [0.15, 0.2) is 0 Å². The Morgan fingerprint density at radius 1 is 1.62 bits per heavy atom. The lowest BCUT2D eigenvalue weighted by Crippen LogP contribution is -2.19. The molecule has 0 amide bonds. The van der Waals surface area contributed by atoms with Crippen molar-refractivity contribution in [1.29, 1.82) is 0 Å². The second-order valence-electron chi connectivity index (χ2n) is 2.48. The number of carbonyl (C=O) groups is 1. The second-order valence-corrected chi connectivity index (χ2v) is 2.48. The molecule has 0 aromatic carbocycles. The predicted octanol–water partition coefficient (Wildman–Crippen LogP) is 0.307. The van der Waals surface area contributed by atoms with E-state index in [4.69, 9.17) is 5.11 Å². The SMILES string of the molecule is C=C(/C=C(/C(=O)O)N(C)C)[N+](=O)[O-]. The summed E-state index contributed by atoms with van der Waals surface area (Å²) in [6, 6.07) is 0. The van der Waals surface area contributed by atoms with Gasteiger partial charge in [-0.15, -0.1) is 0 Å². The van der Waals surface area contributed by atoms with Crippen molar-refractivity contribution in [3.8, 4) is 0 Å². The number of aliphatic carboxylic acids is 1. The Morgan fingerprint density at radius 3 is 2.31 bits per heavy atom. The molecule has 0 atom stereocenters. The van der Waals surface area contributed by atoms with E-state index in [2.05, 4.69) is 6.58 Å². The van der Waals surface area contributed by atoms with Gasteiger partial charge in [0, 0.05) is 20.2 Å². The van der Waals surface area contributed by atoms with Crippen LogP contribution in [-0.4, -0.2) is 35.0 Å². The van der Waals surface area contributed by atoms with Gasteiger partial charge in [-0.05, 0) is 6.58 Å². The van der Waals surface area contributed by atoms with Crippen LogP contribution in [0.1, 0.15) is 0 Å². The molecule has 0 rings (SSSR count). The molecule has 0 heterocycles. The highest BCUT2D eigenvalue weighted by Gasteiger charge is 2.13. The molecular weight excluding hydrogens is 176 g/mol. The molecule has 0 saturated carbocycles. The molecule has 0 bridgehead atoms.